The summed E-state index contributed by atoms with van der Waals surface area (Å²) in [6.45, 7) is 2.90. The number of amides is 1. The number of phenolic OH excluding ortho intramolecular Hbond substituents is 1. The number of phenols is 1. The molecule has 8 heteroatoms. The van der Waals surface area contributed by atoms with Crippen molar-refractivity contribution in [2.45, 2.75) is 6.18 Å². The molecule has 0 aromatic heterocycles. The van der Waals surface area contributed by atoms with E-state index >= 15 is 0 Å². The largest absolute Gasteiger partial charge is 0.508 e. The minimum atomic E-state index is -4.44. The van der Waals surface area contributed by atoms with E-state index in [9.17, 15) is 23.1 Å². The van der Waals surface area contributed by atoms with Gasteiger partial charge in [-0.3, -0.25) is 9.69 Å². The molecule has 3 rings (SSSR count). The summed E-state index contributed by atoms with van der Waals surface area (Å²) in [6.07, 6.45) is -4.44. The lowest BCUT2D eigenvalue weighted by Crippen LogP contribution is -2.48. The first-order valence-electron chi connectivity index (χ1n) is 8.55. The van der Waals surface area contributed by atoms with Crippen molar-refractivity contribution in [1.29, 1.82) is 0 Å². The molecule has 144 valence electrons. The van der Waals surface area contributed by atoms with Crippen molar-refractivity contribution in [3.05, 3.63) is 54.1 Å². The Labute approximate surface area is 155 Å². The number of carbonyl (C=O) groups excluding carboxylic acids is 1. The number of alkyl halides is 3. The maximum absolute atomic E-state index is 12.7. The third-order valence-electron chi connectivity index (χ3n) is 4.43. The molecule has 1 fully saturated rings. The number of anilines is 2. The summed E-state index contributed by atoms with van der Waals surface area (Å²) in [6, 6.07) is 11.6. The molecule has 1 saturated heterocycles. The second-order valence-electron chi connectivity index (χ2n) is 6.41. The third-order valence-corrected chi connectivity index (χ3v) is 4.43. The van der Waals surface area contributed by atoms with E-state index in [1.54, 1.807) is 12.1 Å². The van der Waals surface area contributed by atoms with E-state index in [0.29, 0.717) is 13.1 Å². The number of nitrogens with one attached hydrogen (secondary N) is 1. The van der Waals surface area contributed by atoms with Crippen molar-refractivity contribution in [1.82, 2.24) is 4.90 Å². The van der Waals surface area contributed by atoms with Gasteiger partial charge >= 0.3 is 6.18 Å². The van der Waals surface area contributed by atoms with E-state index in [2.05, 4.69) is 10.2 Å². The van der Waals surface area contributed by atoms with E-state index in [1.165, 1.54) is 12.1 Å². The normalized spacial score (nSPS) is 15.6. The standard InChI is InChI=1S/C19H20F3N3O2/c20-19(21,22)14-2-1-3-15(12-14)23-18(27)13-24-8-10-25(11-9-24)16-4-6-17(26)7-5-16/h1-7,12,26H,8-11,13H2,(H,23,27). The Morgan fingerprint density at radius 1 is 1.04 bits per heavy atom. The predicted molar refractivity (Wildman–Crippen MR) is 96.8 cm³/mol. The molecular weight excluding hydrogens is 359 g/mol. The summed E-state index contributed by atoms with van der Waals surface area (Å²) in [5.41, 5.74) is 0.348. The van der Waals surface area contributed by atoms with Crippen LogP contribution in [0.15, 0.2) is 48.5 Å². The van der Waals surface area contributed by atoms with Gasteiger partial charge in [-0.25, -0.2) is 0 Å². The molecule has 1 amide bonds. The molecule has 2 N–H and O–H groups in total. The highest BCUT2D eigenvalue weighted by Crippen LogP contribution is 2.30. The first kappa shape index (κ1) is 19.0. The van der Waals surface area contributed by atoms with Gasteiger partial charge in [-0.1, -0.05) is 6.07 Å². The van der Waals surface area contributed by atoms with Gasteiger partial charge in [-0.2, -0.15) is 13.2 Å². The third kappa shape index (κ3) is 5.13. The minimum absolute atomic E-state index is 0.125. The van der Waals surface area contributed by atoms with E-state index < -0.39 is 11.7 Å². The monoisotopic (exact) mass is 379 g/mol. The molecule has 0 atom stereocenters. The fraction of sp³-hybridized carbons (Fsp3) is 0.316. The van der Waals surface area contributed by atoms with Gasteiger partial charge < -0.3 is 15.3 Å². The number of hydrogen-bond acceptors (Lipinski definition) is 4. The average Bonchev–Trinajstić information content (AvgIpc) is 2.62. The summed E-state index contributed by atoms with van der Waals surface area (Å²) >= 11 is 0. The lowest BCUT2D eigenvalue weighted by Gasteiger charge is -2.35. The Morgan fingerprint density at radius 3 is 2.33 bits per heavy atom. The van der Waals surface area contributed by atoms with E-state index in [0.717, 1.165) is 30.9 Å². The van der Waals surface area contributed by atoms with Gasteiger partial charge in [0.05, 0.1) is 12.1 Å². The summed E-state index contributed by atoms with van der Waals surface area (Å²) in [4.78, 5) is 16.3. The van der Waals surface area contributed by atoms with Crippen molar-refractivity contribution in [2.75, 3.05) is 42.9 Å². The van der Waals surface area contributed by atoms with Crippen LogP contribution in [0.25, 0.3) is 0 Å². The van der Waals surface area contributed by atoms with Crippen molar-refractivity contribution < 1.29 is 23.1 Å². The van der Waals surface area contributed by atoms with Gasteiger partial charge in [0.2, 0.25) is 5.91 Å². The molecule has 0 aliphatic carbocycles. The highest BCUT2D eigenvalue weighted by atomic mass is 19.4. The van der Waals surface area contributed by atoms with Crippen LogP contribution >= 0.6 is 0 Å². The number of aromatic hydroxyl groups is 1. The number of carbonyl (C=O) groups is 1. The van der Waals surface area contributed by atoms with Crippen LogP contribution in [0.2, 0.25) is 0 Å². The topological polar surface area (TPSA) is 55.8 Å². The lowest BCUT2D eigenvalue weighted by molar-refractivity contribution is -0.137. The maximum atomic E-state index is 12.7. The van der Waals surface area contributed by atoms with Crippen LogP contribution < -0.4 is 10.2 Å². The number of halogens is 3. The summed E-state index contributed by atoms with van der Waals surface area (Å²) in [5, 5.41) is 11.9. The van der Waals surface area contributed by atoms with Crippen LogP contribution in [0.5, 0.6) is 5.75 Å². The van der Waals surface area contributed by atoms with Crippen LogP contribution in [0.3, 0.4) is 0 Å². The highest BCUT2D eigenvalue weighted by molar-refractivity contribution is 5.92. The van der Waals surface area contributed by atoms with Crippen molar-refractivity contribution in [3.8, 4) is 5.75 Å². The molecular formula is C19H20F3N3O2. The number of benzene rings is 2. The molecule has 0 bridgehead atoms. The molecule has 5 nitrogen and oxygen atoms in total. The van der Waals surface area contributed by atoms with Gasteiger partial charge in [-0.05, 0) is 42.5 Å². The molecule has 2 aromatic carbocycles. The Hall–Kier alpha value is -2.74. The zero-order valence-corrected chi connectivity index (χ0v) is 14.5. The van der Waals surface area contributed by atoms with Gasteiger partial charge in [0, 0.05) is 37.6 Å². The van der Waals surface area contributed by atoms with Crippen molar-refractivity contribution in [2.24, 2.45) is 0 Å². The van der Waals surface area contributed by atoms with Crippen LogP contribution in [-0.2, 0) is 11.0 Å². The van der Waals surface area contributed by atoms with Crippen LogP contribution in [-0.4, -0.2) is 48.6 Å². The molecule has 1 aliphatic heterocycles. The lowest BCUT2D eigenvalue weighted by atomic mass is 10.2. The minimum Gasteiger partial charge on any atom is -0.508 e. The summed E-state index contributed by atoms with van der Waals surface area (Å²) < 4.78 is 38.2. The molecule has 0 spiro atoms. The first-order valence-corrected chi connectivity index (χ1v) is 8.55. The summed E-state index contributed by atoms with van der Waals surface area (Å²) in [5.74, 6) is -0.129. The Kier molecular flexibility index (Phi) is 5.55. The van der Waals surface area contributed by atoms with Crippen molar-refractivity contribution >= 4 is 17.3 Å². The van der Waals surface area contributed by atoms with Crippen LogP contribution in [0.4, 0.5) is 24.5 Å². The number of nitrogens with zero attached hydrogens (tertiary/aromatic N) is 2. The van der Waals surface area contributed by atoms with E-state index in [4.69, 9.17) is 0 Å². The second kappa shape index (κ2) is 7.87. The molecule has 1 heterocycles. The molecule has 1 aliphatic rings. The zero-order valence-electron chi connectivity index (χ0n) is 14.5. The summed E-state index contributed by atoms with van der Waals surface area (Å²) in [7, 11) is 0. The number of hydrogen-bond donors (Lipinski definition) is 2. The Morgan fingerprint density at radius 2 is 1.70 bits per heavy atom. The Bertz CT molecular complexity index is 786. The maximum Gasteiger partial charge on any atom is 0.416 e. The molecule has 0 unspecified atom stereocenters. The number of piperazine rings is 1. The molecule has 2 aromatic rings. The quantitative estimate of drug-likeness (QED) is 0.857. The zero-order chi connectivity index (χ0) is 19.4. The van der Waals surface area contributed by atoms with Gasteiger partial charge in [0.1, 0.15) is 5.75 Å². The van der Waals surface area contributed by atoms with Crippen molar-refractivity contribution in [3.63, 3.8) is 0 Å². The molecule has 27 heavy (non-hydrogen) atoms. The molecule has 0 radical (unpaired) electrons. The van der Waals surface area contributed by atoms with E-state index in [-0.39, 0.29) is 23.9 Å². The van der Waals surface area contributed by atoms with Crippen LogP contribution in [0, 0.1) is 0 Å². The number of rotatable bonds is 4. The first-order chi connectivity index (χ1) is 12.8. The SMILES string of the molecule is O=C(CN1CCN(c2ccc(O)cc2)CC1)Nc1cccc(C(F)(F)F)c1. The average molecular weight is 379 g/mol. The predicted octanol–water partition coefficient (Wildman–Crippen LogP) is 3.17. The van der Waals surface area contributed by atoms with Crippen LogP contribution in [0.1, 0.15) is 5.56 Å². The van der Waals surface area contributed by atoms with E-state index in [1.807, 2.05) is 17.0 Å². The van der Waals surface area contributed by atoms with Gasteiger partial charge in [0.15, 0.2) is 0 Å². The highest BCUT2D eigenvalue weighted by Gasteiger charge is 2.30. The second-order valence-corrected chi connectivity index (χ2v) is 6.41. The molecule has 0 saturated carbocycles. The smallest absolute Gasteiger partial charge is 0.416 e. The fourth-order valence-electron chi connectivity index (χ4n) is 3.00. The Balaban J connectivity index is 1.50. The fourth-order valence-corrected chi connectivity index (χ4v) is 3.00. The van der Waals surface area contributed by atoms with Gasteiger partial charge in [0.25, 0.3) is 0 Å². The van der Waals surface area contributed by atoms with Gasteiger partial charge in [-0.15, -0.1) is 0 Å².